The van der Waals surface area contributed by atoms with Crippen LogP contribution < -0.4 is 0 Å². The topological polar surface area (TPSA) is 57.5 Å². The zero-order chi connectivity index (χ0) is 3.58. The van der Waals surface area contributed by atoms with Gasteiger partial charge in [-0.05, 0) is 0 Å². The Morgan fingerprint density at radius 1 is 1.40 bits per heavy atom. The summed E-state index contributed by atoms with van der Waals surface area (Å²) in [6, 6.07) is 0. The third-order valence-electron chi connectivity index (χ3n) is 0. The Kier molecular flexibility index (Phi) is 8.97. The molecule has 0 aliphatic rings. The van der Waals surface area contributed by atoms with Gasteiger partial charge in [0.05, 0.1) is 0 Å². The van der Waals surface area contributed by atoms with Crippen molar-refractivity contribution < 1.29 is 26.7 Å². The van der Waals surface area contributed by atoms with Crippen molar-refractivity contribution >= 4 is 18.9 Å². The molecule has 0 heterocycles. The monoisotopic (exact) mass is 112 g/mol. The van der Waals surface area contributed by atoms with Gasteiger partial charge in [-0.3, -0.25) is 0 Å². The SMILES string of the molecule is [Li].[O]=[Mn]([OH])[OH]. The average Bonchev–Trinajstić information content (AvgIpc) is 0.811. The Labute approximate surface area is 45.9 Å². The number of hydrogen-bond acceptors (Lipinski definition) is 1. The van der Waals surface area contributed by atoms with Gasteiger partial charge >= 0.3 is 26.7 Å². The van der Waals surface area contributed by atoms with E-state index in [2.05, 4.69) is 0 Å². The number of hydrogen-bond donors (Lipinski definition) is 2. The van der Waals surface area contributed by atoms with E-state index in [-0.39, 0.29) is 18.9 Å². The van der Waals surface area contributed by atoms with Crippen molar-refractivity contribution in [3.05, 3.63) is 0 Å². The molecule has 0 fully saturated rings. The Morgan fingerprint density at radius 3 is 1.40 bits per heavy atom. The van der Waals surface area contributed by atoms with Crippen molar-refractivity contribution in [3.8, 4) is 0 Å². The van der Waals surface area contributed by atoms with Crippen LogP contribution >= 0.6 is 0 Å². The predicted molar refractivity (Wildman–Crippen MR) is 10.9 cm³/mol. The molecule has 0 aliphatic heterocycles. The first-order chi connectivity index (χ1) is 1.73. The first-order valence-electron chi connectivity index (χ1n) is 0.492. The minimum atomic E-state index is -3.15. The van der Waals surface area contributed by atoms with Crippen molar-refractivity contribution in [1.29, 1.82) is 0 Å². The summed E-state index contributed by atoms with van der Waals surface area (Å²) in [5, 5.41) is 0. The van der Waals surface area contributed by atoms with Crippen molar-refractivity contribution in [1.82, 2.24) is 0 Å². The molecule has 5 heteroatoms. The van der Waals surface area contributed by atoms with Gasteiger partial charge in [-0.2, -0.15) is 0 Å². The van der Waals surface area contributed by atoms with Crippen LogP contribution in [-0.2, 0) is 18.3 Å². The van der Waals surface area contributed by atoms with E-state index >= 15 is 0 Å². The average molecular weight is 112 g/mol. The van der Waals surface area contributed by atoms with Gasteiger partial charge < -0.3 is 0 Å². The van der Waals surface area contributed by atoms with Crippen LogP contribution in [0.4, 0.5) is 0 Å². The van der Waals surface area contributed by atoms with Crippen molar-refractivity contribution in [2.45, 2.75) is 0 Å². The Morgan fingerprint density at radius 2 is 1.40 bits per heavy atom. The Bertz CT molecular complexity index is 29.9. The summed E-state index contributed by atoms with van der Waals surface area (Å²) in [6.45, 7) is 0. The molecule has 0 bridgehead atoms. The van der Waals surface area contributed by atoms with Crippen molar-refractivity contribution in [2.75, 3.05) is 0 Å². The van der Waals surface area contributed by atoms with Crippen LogP contribution in [-0.4, -0.2) is 27.2 Å². The van der Waals surface area contributed by atoms with Gasteiger partial charge in [0.2, 0.25) is 0 Å². The normalized spacial score (nSPS) is 7.00. The molecular formula is H2LiMnO3. The Hall–Kier alpha value is 0.837. The molecule has 1 radical (unpaired) electrons. The van der Waals surface area contributed by atoms with Crippen molar-refractivity contribution in [3.63, 3.8) is 0 Å². The molecule has 0 atom stereocenters. The zero-order valence-electron chi connectivity index (χ0n) is 2.68. The van der Waals surface area contributed by atoms with Gasteiger partial charge in [-0.1, -0.05) is 0 Å². The van der Waals surface area contributed by atoms with E-state index in [0.29, 0.717) is 0 Å². The minimum absolute atomic E-state index is 0. The molecule has 28 valence electrons. The zero-order valence-corrected chi connectivity index (χ0v) is 3.86. The van der Waals surface area contributed by atoms with Crippen LogP contribution in [0.25, 0.3) is 0 Å². The summed E-state index contributed by atoms with van der Waals surface area (Å²) in [5.41, 5.74) is 0. The van der Waals surface area contributed by atoms with Crippen LogP contribution in [0.3, 0.4) is 0 Å². The second-order valence-corrected chi connectivity index (χ2v) is 0.881. The van der Waals surface area contributed by atoms with E-state index in [9.17, 15) is 0 Å². The van der Waals surface area contributed by atoms with E-state index in [4.69, 9.17) is 12.2 Å². The first kappa shape index (κ1) is 9.28. The summed E-state index contributed by atoms with van der Waals surface area (Å²) < 4.78 is 23.1. The van der Waals surface area contributed by atoms with Crippen LogP contribution in [0.5, 0.6) is 0 Å². The van der Waals surface area contributed by atoms with Crippen LogP contribution in [0, 0.1) is 0 Å². The second-order valence-electron chi connectivity index (χ2n) is 0.214. The summed E-state index contributed by atoms with van der Waals surface area (Å²) in [4.78, 5) is 0. The molecular weight excluding hydrogens is 110 g/mol. The van der Waals surface area contributed by atoms with E-state index in [1.165, 1.54) is 0 Å². The standard InChI is InChI=1S/Li.Mn.2H2O.O/h;;2*1H2;/q;+2;;;/p-2. The quantitative estimate of drug-likeness (QED) is 0.370. The maximum atomic E-state index is 8.74. The number of rotatable bonds is 0. The summed E-state index contributed by atoms with van der Waals surface area (Å²) in [7, 11) is 0. The maximum absolute atomic E-state index is 8.74. The predicted octanol–water partition coefficient (Wildman–Crippen LogP) is -1.62. The van der Waals surface area contributed by atoms with Crippen LogP contribution in [0.1, 0.15) is 0 Å². The molecule has 0 aliphatic carbocycles. The molecule has 0 rings (SSSR count). The summed E-state index contributed by atoms with van der Waals surface area (Å²) in [6.07, 6.45) is 0. The van der Waals surface area contributed by atoms with E-state index in [1.807, 2.05) is 0 Å². The van der Waals surface area contributed by atoms with Gasteiger partial charge in [0, 0.05) is 18.9 Å². The second kappa shape index (κ2) is 4.84. The molecule has 0 saturated carbocycles. The fourth-order valence-corrected chi connectivity index (χ4v) is 0. The van der Waals surface area contributed by atoms with Crippen molar-refractivity contribution in [2.24, 2.45) is 0 Å². The molecule has 5 heavy (non-hydrogen) atoms. The molecule has 0 spiro atoms. The van der Waals surface area contributed by atoms with Gasteiger partial charge in [0.1, 0.15) is 0 Å². The molecule has 0 aromatic rings. The van der Waals surface area contributed by atoms with Gasteiger partial charge in [-0.25, -0.2) is 0 Å². The summed E-state index contributed by atoms with van der Waals surface area (Å²) in [5.74, 6) is 0. The molecule has 3 nitrogen and oxygen atoms in total. The third-order valence-corrected chi connectivity index (χ3v) is 0. The van der Waals surface area contributed by atoms with Gasteiger partial charge in [0.25, 0.3) is 0 Å². The molecule has 0 saturated heterocycles. The first-order valence-corrected chi connectivity index (χ1v) is 2.03. The molecule has 0 unspecified atom stereocenters. The molecule has 0 aromatic heterocycles. The van der Waals surface area contributed by atoms with E-state index in [0.717, 1.165) is 0 Å². The molecule has 2 N–H and O–H groups in total. The fraction of sp³-hybridized carbons (Fsp3) is 0. The Balaban J connectivity index is 0. The van der Waals surface area contributed by atoms with Crippen LogP contribution in [0.15, 0.2) is 0 Å². The van der Waals surface area contributed by atoms with E-state index in [1.54, 1.807) is 0 Å². The van der Waals surface area contributed by atoms with E-state index < -0.39 is 14.5 Å². The third kappa shape index (κ3) is 55.6. The summed E-state index contributed by atoms with van der Waals surface area (Å²) >= 11 is -3.15. The van der Waals surface area contributed by atoms with Crippen LogP contribution in [0.2, 0.25) is 0 Å². The van der Waals surface area contributed by atoms with Gasteiger partial charge in [-0.15, -0.1) is 0 Å². The van der Waals surface area contributed by atoms with Gasteiger partial charge in [0.15, 0.2) is 0 Å². The fourth-order valence-electron chi connectivity index (χ4n) is 0. The molecule has 0 aromatic carbocycles. The molecule has 0 amide bonds.